The summed E-state index contributed by atoms with van der Waals surface area (Å²) in [6.45, 7) is 2.73. The minimum Gasteiger partial charge on any atom is -0.366 e. The first-order chi connectivity index (χ1) is 6.77. The highest BCUT2D eigenvalue weighted by Crippen LogP contribution is 2.08. The molecular weight excluding hydrogens is 178 g/mol. The number of hydrogen-bond acceptors (Lipinski definition) is 2. The molecular formula is C10H17N3O. The lowest BCUT2D eigenvalue weighted by molar-refractivity contribution is -0.119. The third-order valence-electron chi connectivity index (χ3n) is 2.18. The van der Waals surface area contributed by atoms with Crippen LogP contribution in [0.2, 0.25) is 0 Å². The fraction of sp³-hybridized carbons (Fsp3) is 0.500. The van der Waals surface area contributed by atoms with Crippen LogP contribution in [0.3, 0.4) is 0 Å². The largest absolute Gasteiger partial charge is 0.366 e. The molecule has 1 aromatic heterocycles. The lowest BCUT2D eigenvalue weighted by Crippen LogP contribution is -2.30. The molecule has 14 heavy (non-hydrogen) atoms. The van der Waals surface area contributed by atoms with E-state index >= 15 is 0 Å². The molecule has 78 valence electrons. The van der Waals surface area contributed by atoms with E-state index in [9.17, 15) is 4.79 Å². The van der Waals surface area contributed by atoms with E-state index in [-0.39, 0.29) is 11.8 Å². The Kier molecular flexibility index (Phi) is 4.19. The maximum atomic E-state index is 11.7. The van der Waals surface area contributed by atoms with Gasteiger partial charge < -0.3 is 15.6 Å². The lowest BCUT2D eigenvalue weighted by atomic mass is 10.1. The smallest absolute Gasteiger partial charge is 0.228 e. The molecule has 1 heterocycles. The standard InChI is InChI=1S/C10H17N3O/c1-3-8(6-11-2)10(14)13-9-4-5-12-7-9/h4-5,7-8,11-12H,3,6H2,1-2H3,(H,13,14). The average molecular weight is 195 g/mol. The van der Waals surface area contributed by atoms with Crippen LogP contribution in [0.1, 0.15) is 13.3 Å². The van der Waals surface area contributed by atoms with E-state index in [1.807, 2.05) is 20.0 Å². The number of aromatic amines is 1. The van der Waals surface area contributed by atoms with Crippen molar-refractivity contribution in [2.75, 3.05) is 18.9 Å². The third kappa shape index (κ3) is 2.88. The summed E-state index contributed by atoms with van der Waals surface area (Å²) in [4.78, 5) is 14.6. The van der Waals surface area contributed by atoms with Gasteiger partial charge in [0.15, 0.2) is 0 Å². The van der Waals surface area contributed by atoms with E-state index < -0.39 is 0 Å². The molecule has 0 bridgehead atoms. The van der Waals surface area contributed by atoms with Crippen molar-refractivity contribution in [3.8, 4) is 0 Å². The van der Waals surface area contributed by atoms with Gasteiger partial charge in [-0.1, -0.05) is 6.92 Å². The molecule has 1 unspecified atom stereocenters. The number of aromatic nitrogens is 1. The number of rotatable bonds is 5. The van der Waals surface area contributed by atoms with Crippen molar-refractivity contribution in [3.63, 3.8) is 0 Å². The van der Waals surface area contributed by atoms with E-state index in [4.69, 9.17) is 0 Å². The van der Waals surface area contributed by atoms with Gasteiger partial charge in [-0.2, -0.15) is 0 Å². The van der Waals surface area contributed by atoms with E-state index in [0.29, 0.717) is 6.54 Å². The molecule has 0 fully saturated rings. The quantitative estimate of drug-likeness (QED) is 0.661. The van der Waals surface area contributed by atoms with Crippen molar-refractivity contribution in [2.45, 2.75) is 13.3 Å². The Morgan fingerprint density at radius 1 is 1.64 bits per heavy atom. The third-order valence-corrected chi connectivity index (χ3v) is 2.18. The van der Waals surface area contributed by atoms with Crippen LogP contribution in [0.4, 0.5) is 5.69 Å². The van der Waals surface area contributed by atoms with Crippen LogP contribution in [0.15, 0.2) is 18.5 Å². The minimum atomic E-state index is 0.0369. The second kappa shape index (κ2) is 5.44. The maximum Gasteiger partial charge on any atom is 0.228 e. The number of carbonyl (C=O) groups is 1. The lowest BCUT2D eigenvalue weighted by Gasteiger charge is -2.13. The van der Waals surface area contributed by atoms with Crippen LogP contribution in [-0.2, 0) is 4.79 Å². The molecule has 0 saturated heterocycles. The predicted octanol–water partition coefficient (Wildman–Crippen LogP) is 1.20. The Morgan fingerprint density at radius 2 is 2.43 bits per heavy atom. The number of hydrogen-bond donors (Lipinski definition) is 3. The van der Waals surface area contributed by atoms with Gasteiger partial charge in [-0.3, -0.25) is 4.79 Å². The van der Waals surface area contributed by atoms with Gasteiger partial charge in [0, 0.05) is 18.9 Å². The summed E-state index contributed by atoms with van der Waals surface area (Å²) in [5, 5.41) is 5.86. The zero-order chi connectivity index (χ0) is 10.4. The van der Waals surface area contributed by atoms with Crippen LogP contribution >= 0.6 is 0 Å². The highest BCUT2D eigenvalue weighted by Gasteiger charge is 2.15. The molecule has 0 spiro atoms. The highest BCUT2D eigenvalue weighted by atomic mass is 16.1. The number of nitrogens with one attached hydrogen (secondary N) is 3. The van der Waals surface area contributed by atoms with Gasteiger partial charge >= 0.3 is 0 Å². The fourth-order valence-electron chi connectivity index (χ4n) is 1.31. The number of carbonyl (C=O) groups excluding carboxylic acids is 1. The van der Waals surface area contributed by atoms with E-state index in [1.165, 1.54) is 0 Å². The second-order valence-corrected chi connectivity index (χ2v) is 3.25. The number of amides is 1. The Balaban J connectivity index is 2.47. The first kappa shape index (κ1) is 10.8. The van der Waals surface area contributed by atoms with E-state index in [2.05, 4.69) is 15.6 Å². The topological polar surface area (TPSA) is 56.9 Å². The van der Waals surface area contributed by atoms with E-state index in [1.54, 1.807) is 12.4 Å². The normalized spacial score (nSPS) is 12.4. The molecule has 1 aromatic rings. The van der Waals surface area contributed by atoms with Gasteiger partial charge in [0.05, 0.1) is 11.6 Å². The fourth-order valence-corrected chi connectivity index (χ4v) is 1.31. The molecule has 0 aliphatic carbocycles. The molecule has 4 heteroatoms. The number of H-pyrrole nitrogens is 1. The summed E-state index contributed by atoms with van der Waals surface area (Å²) in [5.41, 5.74) is 0.824. The van der Waals surface area contributed by atoms with Crippen molar-refractivity contribution in [2.24, 2.45) is 5.92 Å². The Morgan fingerprint density at radius 3 is 2.93 bits per heavy atom. The zero-order valence-electron chi connectivity index (χ0n) is 8.63. The Hall–Kier alpha value is -1.29. The second-order valence-electron chi connectivity index (χ2n) is 3.25. The molecule has 0 aliphatic heterocycles. The maximum absolute atomic E-state index is 11.7. The van der Waals surface area contributed by atoms with Crippen LogP contribution in [0.5, 0.6) is 0 Å². The van der Waals surface area contributed by atoms with E-state index in [0.717, 1.165) is 12.1 Å². The highest BCUT2D eigenvalue weighted by molar-refractivity contribution is 5.92. The first-order valence-corrected chi connectivity index (χ1v) is 4.86. The van der Waals surface area contributed by atoms with Crippen molar-refractivity contribution >= 4 is 11.6 Å². The van der Waals surface area contributed by atoms with Crippen molar-refractivity contribution in [3.05, 3.63) is 18.5 Å². The molecule has 1 amide bonds. The van der Waals surface area contributed by atoms with Crippen LogP contribution < -0.4 is 10.6 Å². The molecule has 0 saturated carbocycles. The van der Waals surface area contributed by atoms with Gasteiger partial charge in [-0.05, 0) is 19.5 Å². The van der Waals surface area contributed by atoms with Crippen LogP contribution in [0.25, 0.3) is 0 Å². The molecule has 1 atom stereocenters. The minimum absolute atomic E-state index is 0.0369. The zero-order valence-corrected chi connectivity index (χ0v) is 8.63. The molecule has 0 radical (unpaired) electrons. The Bertz CT molecular complexity index is 269. The molecule has 0 aromatic carbocycles. The van der Waals surface area contributed by atoms with Crippen LogP contribution in [-0.4, -0.2) is 24.5 Å². The van der Waals surface area contributed by atoms with Gasteiger partial charge in [0.2, 0.25) is 5.91 Å². The molecule has 1 rings (SSSR count). The molecule has 0 aliphatic rings. The summed E-state index contributed by atoms with van der Waals surface area (Å²) in [5.74, 6) is 0.108. The van der Waals surface area contributed by atoms with Crippen LogP contribution in [0, 0.1) is 5.92 Å². The summed E-state index contributed by atoms with van der Waals surface area (Å²) in [6, 6.07) is 1.84. The van der Waals surface area contributed by atoms with Gasteiger partial charge in [-0.25, -0.2) is 0 Å². The van der Waals surface area contributed by atoms with Crippen molar-refractivity contribution in [1.82, 2.24) is 10.3 Å². The SMILES string of the molecule is CCC(CNC)C(=O)Nc1cc[nH]c1. The average Bonchev–Trinajstić information content (AvgIpc) is 2.66. The predicted molar refractivity (Wildman–Crippen MR) is 57.1 cm³/mol. The van der Waals surface area contributed by atoms with Crippen molar-refractivity contribution < 1.29 is 4.79 Å². The first-order valence-electron chi connectivity index (χ1n) is 4.86. The molecule has 4 nitrogen and oxygen atoms in total. The number of anilines is 1. The summed E-state index contributed by atoms with van der Waals surface area (Å²) >= 11 is 0. The monoisotopic (exact) mass is 195 g/mol. The summed E-state index contributed by atoms with van der Waals surface area (Å²) in [6.07, 6.45) is 4.40. The van der Waals surface area contributed by atoms with Gasteiger partial charge in [0.1, 0.15) is 0 Å². The Labute approximate surface area is 84.1 Å². The summed E-state index contributed by atoms with van der Waals surface area (Å²) < 4.78 is 0. The summed E-state index contributed by atoms with van der Waals surface area (Å²) in [7, 11) is 1.85. The van der Waals surface area contributed by atoms with Gasteiger partial charge in [-0.15, -0.1) is 0 Å². The molecule has 3 N–H and O–H groups in total. The van der Waals surface area contributed by atoms with Crippen molar-refractivity contribution in [1.29, 1.82) is 0 Å². The van der Waals surface area contributed by atoms with Gasteiger partial charge in [0.25, 0.3) is 0 Å².